The molecule has 3 rings (SSSR count). The fraction of sp³-hybridized carbons (Fsp3) is 0.467. The van der Waals surface area contributed by atoms with Crippen molar-refractivity contribution in [3.63, 3.8) is 0 Å². The van der Waals surface area contributed by atoms with Crippen molar-refractivity contribution < 1.29 is 9.26 Å². The lowest BCUT2D eigenvalue weighted by Crippen LogP contribution is -2.44. The summed E-state index contributed by atoms with van der Waals surface area (Å²) in [7, 11) is 0. The highest BCUT2D eigenvalue weighted by molar-refractivity contribution is 5.85. The summed E-state index contributed by atoms with van der Waals surface area (Å²) in [6.45, 7) is 3.97. The van der Waals surface area contributed by atoms with E-state index in [1.807, 2.05) is 38.1 Å². The number of hydrogen-bond donors (Lipinski definition) is 1. The van der Waals surface area contributed by atoms with Crippen LogP contribution in [0, 0.1) is 0 Å². The van der Waals surface area contributed by atoms with Crippen molar-refractivity contribution >= 4 is 12.4 Å². The molecule has 0 radical (unpaired) electrons. The highest BCUT2D eigenvalue weighted by Crippen LogP contribution is 2.38. The molecule has 0 amide bonds. The predicted octanol–water partition coefficient (Wildman–Crippen LogP) is 3.28. The summed E-state index contributed by atoms with van der Waals surface area (Å²) in [4.78, 5) is 4.46. The summed E-state index contributed by atoms with van der Waals surface area (Å²) in [5.41, 5.74) is 6.62. The summed E-state index contributed by atoms with van der Waals surface area (Å²) in [6.07, 6.45) is 3.03. The van der Waals surface area contributed by atoms with Crippen LogP contribution in [0.1, 0.15) is 38.9 Å². The summed E-state index contributed by atoms with van der Waals surface area (Å²) in [5, 5.41) is 4.04. The Labute approximate surface area is 130 Å². The van der Waals surface area contributed by atoms with Gasteiger partial charge in [-0.3, -0.25) is 0 Å². The van der Waals surface area contributed by atoms with Crippen LogP contribution in [0.2, 0.25) is 0 Å². The van der Waals surface area contributed by atoms with Crippen LogP contribution in [0.25, 0.3) is 11.5 Å². The van der Waals surface area contributed by atoms with Crippen LogP contribution >= 0.6 is 12.4 Å². The maximum absolute atomic E-state index is 6.22. The third-order valence-corrected chi connectivity index (χ3v) is 3.60. The number of ether oxygens (including phenoxy) is 1. The molecule has 114 valence electrons. The second-order valence-corrected chi connectivity index (χ2v) is 5.60. The summed E-state index contributed by atoms with van der Waals surface area (Å²) in [6, 6.07) is 7.67. The van der Waals surface area contributed by atoms with E-state index in [0.29, 0.717) is 11.7 Å². The number of hydrogen-bond acceptors (Lipinski definition) is 5. The molecule has 1 saturated carbocycles. The first-order valence-corrected chi connectivity index (χ1v) is 6.98. The maximum Gasteiger partial charge on any atom is 0.261 e. The molecule has 6 heteroatoms. The lowest BCUT2D eigenvalue weighted by Gasteiger charge is -2.34. The molecule has 0 aliphatic heterocycles. The third kappa shape index (κ3) is 3.04. The Morgan fingerprint density at radius 1 is 1.29 bits per heavy atom. The molecule has 2 aromatic rings. The van der Waals surface area contributed by atoms with Gasteiger partial charge in [-0.05, 0) is 45.2 Å². The van der Waals surface area contributed by atoms with E-state index in [1.165, 1.54) is 0 Å². The van der Waals surface area contributed by atoms with Gasteiger partial charge >= 0.3 is 0 Å². The monoisotopic (exact) mass is 309 g/mol. The quantitative estimate of drug-likeness (QED) is 0.938. The van der Waals surface area contributed by atoms with Gasteiger partial charge < -0.3 is 15.0 Å². The number of benzene rings is 1. The smallest absolute Gasteiger partial charge is 0.261 e. The van der Waals surface area contributed by atoms with Gasteiger partial charge in [-0.15, -0.1) is 12.4 Å². The van der Waals surface area contributed by atoms with Crippen molar-refractivity contribution in [3.05, 3.63) is 30.1 Å². The number of aromatic nitrogens is 2. The largest absolute Gasteiger partial charge is 0.490 e. The molecule has 0 spiro atoms. The molecule has 5 nitrogen and oxygen atoms in total. The lowest BCUT2D eigenvalue weighted by atomic mass is 9.77. The van der Waals surface area contributed by atoms with Crippen molar-refractivity contribution in [2.24, 2.45) is 5.73 Å². The summed E-state index contributed by atoms with van der Waals surface area (Å²) < 4.78 is 11.1. The highest BCUT2D eigenvalue weighted by Gasteiger charge is 2.39. The number of para-hydroxylation sites is 1. The lowest BCUT2D eigenvalue weighted by molar-refractivity contribution is 0.229. The predicted molar refractivity (Wildman–Crippen MR) is 82.5 cm³/mol. The fourth-order valence-corrected chi connectivity index (χ4v) is 2.32. The molecular formula is C15H20ClN3O2. The Balaban J connectivity index is 0.00000161. The van der Waals surface area contributed by atoms with E-state index in [-0.39, 0.29) is 18.5 Å². The molecule has 1 fully saturated rings. The SMILES string of the molecule is CC(C)Oc1ccccc1-c1nc(C2(N)CCC2)no1.Cl. The molecular weight excluding hydrogens is 290 g/mol. The molecule has 0 bridgehead atoms. The van der Waals surface area contributed by atoms with Crippen LogP contribution in [0.3, 0.4) is 0 Å². The molecule has 1 aromatic carbocycles. The van der Waals surface area contributed by atoms with Gasteiger partial charge in [0.05, 0.1) is 17.2 Å². The number of nitrogens with zero attached hydrogens (tertiary/aromatic N) is 2. The number of rotatable bonds is 4. The molecule has 2 N–H and O–H groups in total. The van der Waals surface area contributed by atoms with Crippen molar-refractivity contribution in [2.75, 3.05) is 0 Å². The molecule has 1 aliphatic carbocycles. The van der Waals surface area contributed by atoms with Gasteiger partial charge in [0.15, 0.2) is 5.82 Å². The Morgan fingerprint density at radius 2 is 2.00 bits per heavy atom. The fourth-order valence-electron chi connectivity index (χ4n) is 2.32. The van der Waals surface area contributed by atoms with Gasteiger partial charge in [0, 0.05) is 0 Å². The molecule has 1 heterocycles. The van der Waals surface area contributed by atoms with E-state index in [2.05, 4.69) is 10.1 Å². The topological polar surface area (TPSA) is 74.2 Å². The van der Waals surface area contributed by atoms with E-state index >= 15 is 0 Å². The third-order valence-electron chi connectivity index (χ3n) is 3.60. The maximum atomic E-state index is 6.22. The second-order valence-electron chi connectivity index (χ2n) is 5.60. The van der Waals surface area contributed by atoms with Crippen LogP contribution in [0.5, 0.6) is 5.75 Å². The first kappa shape index (κ1) is 15.8. The van der Waals surface area contributed by atoms with Gasteiger partial charge in [-0.25, -0.2) is 0 Å². The minimum absolute atomic E-state index is 0. The van der Waals surface area contributed by atoms with Crippen LogP contribution in [-0.2, 0) is 5.54 Å². The van der Waals surface area contributed by atoms with Gasteiger partial charge in [0.25, 0.3) is 5.89 Å². The Morgan fingerprint density at radius 3 is 2.62 bits per heavy atom. The Bertz CT molecular complexity index is 608. The van der Waals surface area contributed by atoms with Gasteiger partial charge in [0.1, 0.15) is 5.75 Å². The van der Waals surface area contributed by atoms with Gasteiger partial charge in [0.2, 0.25) is 0 Å². The normalized spacial score (nSPS) is 16.2. The minimum atomic E-state index is -0.407. The first-order chi connectivity index (χ1) is 9.58. The molecule has 21 heavy (non-hydrogen) atoms. The van der Waals surface area contributed by atoms with Gasteiger partial charge in [-0.2, -0.15) is 4.98 Å². The highest BCUT2D eigenvalue weighted by atomic mass is 35.5. The van der Waals surface area contributed by atoms with E-state index < -0.39 is 5.54 Å². The number of halogens is 1. The van der Waals surface area contributed by atoms with Crippen LogP contribution in [0.4, 0.5) is 0 Å². The zero-order valence-electron chi connectivity index (χ0n) is 12.2. The van der Waals surface area contributed by atoms with Crippen LogP contribution in [-0.4, -0.2) is 16.2 Å². The van der Waals surface area contributed by atoms with Crippen molar-refractivity contribution in [1.82, 2.24) is 10.1 Å². The summed E-state index contributed by atoms with van der Waals surface area (Å²) in [5.74, 6) is 1.81. The van der Waals surface area contributed by atoms with E-state index in [9.17, 15) is 0 Å². The Kier molecular flexibility index (Phi) is 4.54. The minimum Gasteiger partial charge on any atom is -0.490 e. The van der Waals surface area contributed by atoms with E-state index in [0.717, 1.165) is 30.6 Å². The van der Waals surface area contributed by atoms with E-state index in [4.69, 9.17) is 15.0 Å². The van der Waals surface area contributed by atoms with Crippen LogP contribution in [0.15, 0.2) is 28.8 Å². The molecule has 0 saturated heterocycles. The average Bonchev–Trinajstić information content (AvgIpc) is 2.85. The Hall–Kier alpha value is -1.59. The molecule has 1 aliphatic rings. The average molecular weight is 310 g/mol. The number of nitrogens with two attached hydrogens (primary N) is 1. The summed E-state index contributed by atoms with van der Waals surface area (Å²) >= 11 is 0. The second kappa shape index (κ2) is 6.03. The van der Waals surface area contributed by atoms with E-state index in [1.54, 1.807) is 0 Å². The molecule has 1 aromatic heterocycles. The first-order valence-electron chi connectivity index (χ1n) is 6.98. The molecule has 0 atom stereocenters. The standard InChI is InChI=1S/C15H19N3O2.ClH/c1-10(2)19-12-7-4-3-6-11(12)13-17-14(18-20-13)15(16)8-5-9-15;/h3-4,6-7,10H,5,8-9,16H2,1-2H3;1H. The zero-order chi connectivity index (χ0) is 14.2. The van der Waals surface area contributed by atoms with Crippen molar-refractivity contribution in [2.45, 2.75) is 44.8 Å². The van der Waals surface area contributed by atoms with Gasteiger partial charge in [-0.1, -0.05) is 17.3 Å². The van der Waals surface area contributed by atoms with Crippen LogP contribution < -0.4 is 10.5 Å². The van der Waals surface area contributed by atoms with Crippen molar-refractivity contribution in [3.8, 4) is 17.2 Å². The van der Waals surface area contributed by atoms with Crippen molar-refractivity contribution in [1.29, 1.82) is 0 Å². The zero-order valence-corrected chi connectivity index (χ0v) is 13.0. The molecule has 0 unspecified atom stereocenters.